The van der Waals surface area contributed by atoms with Gasteiger partial charge in [-0.05, 0) is 18.2 Å². The van der Waals surface area contributed by atoms with Gasteiger partial charge in [-0.2, -0.15) is 0 Å². The molecule has 7 heteroatoms. The van der Waals surface area contributed by atoms with E-state index in [1.807, 2.05) is 0 Å². The van der Waals surface area contributed by atoms with Gasteiger partial charge in [-0.15, -0.1) is 0 Å². The predicted octanol–water partition coefficient (Wildman–Crippen LogP) is 0.364. The van der Waals surface area contributed by atoms with Crippen LogP contribution in [0.3, 0.4) is 0 Å². The van der Waals surface area contributed by atoms with Crippen LogP contribution >= 0.6 is 0 Å². The quantitative estimate of drug-likeness (QED) is 0.833. The van der Waals surface area contributed by atoms with Gasteiger partial charge in [0, 0.05) is 18.5 Å². The standard InChI is InChI=1S/C14H17NO6/c1-20-11-4-3-8(5-12(11)21-2)13(17)15-7-9(16)6-10(15)14(18)19/h3-5,9-10,16H,6-7H2,1-2H3,(H,18,19)/t9-,10+/m0/s1. The van der Waals surface area contributed by atoms with Gasteiger partial charge >= 0.3 is 5.97 Å². The van der Waals surface area contributed by atoms with Crippen molar-refractivity contribution in [2.24, 2.45) is 0 Å². The Morgan fingerprint density at radius 2 is 1.90 bits per heavy atom. The van der Waals surface area contributed by atoms with E-state index in [9.17, 15) is 14.7 Å². The highest BCUT2D eigenvalue weighted by atomic mass is 16.5. The molecule has 0 aliphatic carbocycles. The number of aliphatic hydroxyl groups excluding tert-OH is 1. The molecule has 1 heterocycles. The largest absolute Gasteiger partial charge is 0.493 e. The Bertz CT molecular complexity index is 558. The van der Waals surface area contributed by atoms with Gasteiger partial charge in [0.2, 0.25) is 0 Å². The number of carboxylic acid groups (broad SMARTS) is 1. The van der Waals surface area contributed by atoms with Crippen molar-refractivity contribution in [2.45, 2.75) is 18.6 Å². The monoisotopic (exact) mass is 295 g/mol. The SMILES string of the molecule is COc1ccc(C(=O)N2C[C@@H](O)C[C@@H]2C(=O)O)cc1OC. The molecule has 1 fully saturated rings. The van der Waals surface area contributed by atoms with Gasteiger partial charge in [-0.25, -0.2) is 4.79 Å². The first kappa shape index (κ1) is 15.1. The highest BCUT2D eigenvalue weighted by Crippen LogP contribution is 2.29. The summed E-state index contributed by atoms with van der Waals surface area (Å²) < 4.78 is 10.2. The molecule has 0 aromatic heterocycles. The molecule has 1 amide bonds. The van der Waals surface area contributed by atoms with Gasteiger partial charge in [0.25, 0.3) is 5.91 Å². The maximum atomic E-state index is 12.4. The van der Waals surface area contributed by atoms with Crippen molar-refractivity contribution in [1.82, 2.24) is 4.90 Å². The number of aliphatic carboxylic acids is 1. The molecule has 2 atom stereocenters. The fourth-order valence-electron chi connectivity index (χ4n) is 2.41. The summed E-state index contributed by atoms with van der Waals surface area (Å²) in [5.41, 5.74) is 0.285. The van der Waals surface area contributed by atoms with Gasteiger partial charge < -0.3 is 24.6 Å². The van der Waals surface area contributed by atoms with Crippen molar-refractivity contribution in [3.63, 3.8) is 0 Å². The van der Waals surface area contributed by atoms with Crippen LogP contribution in [0.2, 0.25) is 0 Å². The van der Waals surface area contributed by atoms with Gasteiger partial charge in [0.1, 0.15) is 6.04 Å². The number of hydrogen-bond acceptors (Lipinski definition) is 5. The Hall–Kier alpha value is -2.28. The van der Waals surface area contributed by atoms with Crippen LogP contribution in [0.15, 0.2) is 18.2 Å². The number of nitrogens with zero attached hydrogens (tertiary/aromatic N) is 1. The Morgan fingerprint density at radius 1 is 1.24 bits per heavy atom. The number of ether oxygens (including phenoxy) is 2. The van der Waals surface area contributed by atoms with Crippen LogP contribution in [-0.2, 0) is 4.79 Å². The lowest BCUT2D eigenvalue weighted by Gasteiger charge is -2.21. The summed E-state index contributed by atoms with van der Waals surface area (Å²) in [7, 11) is 2.93. The third-order valence-electron chi connectivity index (χ3n) is 3.46. The van der Waals surface area contributed by atoms with Crippen molar-refractivity contribution in [1.29, 1.82) is 0 Å². The lowest BCUT2D eigenvalue weighted by atomic mass is 10.1. The van der Waals surface area contributed by atoms with Crippen LogP contribution in [0.1, 0.15) is 16.8 Å². The van der Waals surface area contributed by atoms with Crippen molar-refractivity contribution in [3.05, 3.63) is 23.8 Å². The van der Waals surface area contributed by atoms with E-state index < -0.39 is 24.0 Å². The minimum Gasteiger partial charge on any atom is -0.493 e. The Balaban J connectivity index is 2.29. The van der Waals surface area contributed by atoms with E-state index in [1.54, 1.807) is 6.07 Å². The molecular formula is C14H17NO6. The highest BCUT2D eigenvalue weighted by Gasteiger charge is 2.39. The van der Waals surface area contributed by atoms with Crippen LogP contribution in [0, 0.1) is 0 Å². The minimum atomic E-state index is -1.12. The highest BCUT2D eigenvalue weighted by molar-refractivity contribution is 5.97. The molecule has 1 saturated heterocycles. The first-order valence-corrected chi connectivity index (χ1v) is 6.41. The summed E-state index contributed by atoms with van der Waals surface area (Å²) in [6.07, 6.45) is -0.788. The predicted molar refractivity (Wildman–Crippen MR) is 72.6 cm³/mol. The smallest absolute Gasteiger partial charge is 0.326 e. The normalized spacial score (nSPS) is 21.2. The zero-order chi connectivity index (χ0) is 15.6. The van der Waals surface area contributed by atoms with Gasteiger partial charge in [-0.3, -0.25) is 4.79 Å². The van der Waals surface area contributed by atoms with Crippen molar-refractivity contribution in [3.8, 4) is 11.5 Å². The fraction of sp³-hybridized carbons (Fsp3) is 0.429. The molecule has 7 nitrogen and oxygen atoms in total. The van der Waals surface area contributed by atoms with E-state index in [0.717, 1.165) is 4.90 Å². The van der Waals surface area contributed by atoms with Gasteiger partial charge in [0.15, 0.2) is 11.5 Å². The number of benzene rings is 1. The maximum absolute atomic E-state index is 12.4. The summed E-state index contributed by atoms with van der Waals surface area (Å²) >= 11 is 0. The van der Waals surface area contributed by atoms with Crippen molar-refractivity contribution < 1.29 is 29.3 Å². The number of carboxylic acids is 1. The summed E-state index contributed by atoms with van der Waals surface area (Å²) in [5, 5.41) is 18.7. The molecule has 2 N–H and O–H groups in total. The molecule has 1 aromatic rings. The number of rotatable bonds is 4. The molecule has 0 unspecified atom stereocenters. The summed E-state index contributed by atoms with van der Waals surface area (Å²) in [5.74, 6) is -0.722. The number of likely N-dealkylation sites (tertiary alicyclic amines) is 1. The molecule has 1 aliphatic rings. The number of β-amino-alcohol motifs (C(OH)–C–C–N with tert-alkyl or cyclic N) is 1. The third-order valence-corrected chi connectivity index (χ3v) is 3.46. The van der Waals surface area contributed by atoms with Crippen LogP contribution in [0.4, 0.5) is 0 Å². The first-order valence-electron chi connectivity index (χ1n) is 6.41. The molecule has 21 heavy (non-hydrogen) atoms. The van der Waals surface area contributed by atoms with Gasteiger partial charge in [0.05, 0.1) is 20.3 Å². The molecule has 114 valence electrons. The Morgan fingerprint density at radius 3 is 2.48 bits per heavy atom. The second kappa shape index (κ2) is 6.01. The summed E-state index contributed by atoms with van der Waals surface area (Å²) in [4.78, 5) is 24.8. The lowest BCUT2D eigenvalue weighted by molar-refractivity contribution is -0.141. The third kappa shape index (κ3) is 2.92. The number of amides is 1. The Kier molecular flexibility index (Phi) is 4.32. The van der Waals surface area contributed by atoms with Crippen LogP contribution in [0.5, 0.6) is 11.5 Å². The topological polar surface area (TPSA) is 96.3 Å². The van der Waals surface area contributed by atoms with Gasteiger partial charge in [-0.1, -0.05) is 0 Å². The number of hydrogen-bond donors (Lipinski definition) is 2. The zero-order valence-corrected chi connectivity index (χ0v) is 11.8. The second-order valence-corrected chi connectivity index (χ2v) is 4.77. The van der Waals surface area contributed by atoms with E-state index in [0.29, 0.717) is 11.5 Å². The fourth-order valence-corrected chi connectivity index (χ4v) is 2.41. The van der Waals surface area contributed by atoms with E-state index in [4.69, 9.17) is 14.6 Å². The first-order chi connectivity index (χ1) is 9.97. The molecule has 1 aromatic carbocycles. The van der Waals surface area contributed by atoms with Crippen LogP contribution in [0.25, 0.3) is 0 Å². The van der Waals surface area contributed by atoms with E-state index in [2.05, 4.69) is 0 Å². The average Bonchev–Trinajstić information content (AvgIpc) is 2.88. The number of carbonyl (C=O) groups excluding carboxylic acids is 1. The maximum Gasteiger partial charge on any atom is 0.326 e. The van der Waals surface area contributed by atoms with Crippen molar-refractivity contribution >= 4 is 11.9 Å². The number of carbonyl (C=O) groups is 2. The van der Waals surface area contributed by atoms with E-state index >= 15 is 0 Å². The van der Waals surface area contributed by atoms with E-state index in [1.165, 1.54) is 26.4 Å². The molecule has 0 saturated carbocycles. The molecule has 1 aliphatic heterocycles. The van der Waals surface area contributed by atoms with Crippen molar-refractivity contribution in [2.75, 3.05) is 20.8 Å². The molecular weight excluding hydrogens is 278 g/mol. The minimum absolute atomic E-state index is 0.00411. The van der Waals surface area contributed by atoms with Crippen LogP contribution in [-0.4, -0.2) is 59.9 Å². The summed E-state index contributed by atoms with van der Waals surface area (Å²) in [6.45, 7) is 0.00411. The number of aliphatic hydroxyl groups is 1. The molecule has 0 spiro atoms. The summed E-state index contributed by atoms with van der Waals surface area (Å²) in [6, 6.07) is 3.59. The Labute approximate surface area is 121 Å². The molecule has 0 bridgehead atoms. The number of methoxy groups -OCH3 is 2. The zero-order valence-electron chi connectivity index (χ0n) is 11.8. The lowest BCUT2D eigenvalue weighted by Crippen LogP contribution is -2.40. The molecule has 0 radical (unpaired) electrons. The average molecular weight is 295 g/mol. The second-order valence-electron chi connectivity index (χ2n) is 4.77. The van der Waals surface area contributed by atoms with E-state index in [-0.39, 0.29) is 18.5 Å². The molecule has 2 rings (SSSR count). The van der Waals surface area contributed by atoms with Crippen LogP contribution < -0.4 is 9.47 Å².